The Hall–Kier alpha value is -1.20. The summed E-state index contributed by atoms with van der Waals surface area (Å²) in [6, 6.07) is 1.74. The number of morpholine rings is 1. The van der Waals surface area contributed by atoms with Crippen molar-refractivity contribution in [1.29, 1.82) is 0 Å². The second kappa shape index (κ2) is 5.63. The average molecular weight is 208 g/mol. The first-order valence-electron chi connectivity index (χ1n) is 5.09. The number of ether oxygens (including phenoxy) is 2. The zero-order chi connectivity index (χ0) is 10.3. The van der Waals surface area contributed by atoms with Crippen LogP contribution in [0.1, 0.15) is 6.42 Å². The zero-order valence-corrected chi connectivity index (χ0v) is 8.48. The molecule has 81 valence electrons. The van der Waals surface area contributed by atoms with Crippen molar-refractivity contribution in [2.24, 2.45) is 0 Å². The molecule has 2 heterocycles. The molecule has 1 N–H and O–H groups in total. The molecule has 1 aliphatic heterocycles. The van der Waals surface area contributed by atoms with Gasteiger partial charge in [-0.15, -0.1) is 5.10 Å². The maximum absolute atomic E-state index is 5.54. The molecule has 1 atom stereocenters. The minimum atomic E-state index is 0.258. The zero-order valence-electron chi connectivity index (χ0n) is 8.48. The van der Waals surface area contributed by atoms with Crippen LogP contribution in [0.3, 0.4) is 0 Å². The van der Waals surface area contributed by atoms with Gasteiger partial charge in [0.05, 0.1) is 25.5 Å². The first-order valence-corrected chi connectivity index (χ1v) is 5.09. The topological polar surface area (TPSA) is 56.3 Å². The summed E-state index contributed by atoms with van der Waals surface area (Å²) in [5.74, 6) is 0.633. The fourth-order valence-corrected chi connectivity index (χ4v) is 1.44. The quantitative estimate of drug-likeness (QED) is 0.756. The molecule has 15 heavy (non-hydrogen) atoms. The van der Waals surface area contributed by atoms with Crippen LogP contribution in [0.25, 0.3) is 0 Å². The first kappa shape index (κ1) is 10.3. The smallest absolute Gasteiger partial charge is 0.159 e. The van der Waals surface area contributed by atoms with E-state index in [-0.39, 0.29) is 6.10 Å². The van der Waals surface area contributed by atoms with E-state index in [1.54, 1.807) is 12.3 Å². The standard InChI is InChI=1S/C10H14N3O2/c1-3-12-13-8-9(1)14-5-2-10-7-11-4-6-15-10/h1,3,10-11H,2,4-7H2. The number of hydrogen-bond donors (Lipinski definition) is 1. The Kier molecular flexibility index (Phi) is 3.87. The highest BCUT2D eigenvalue weighted by Crippen LogP contribution is 2.07. The molecule has 0 saturated carbocycles. The minimum Gasteiger partial charge on any atom is -0.491 e. The second-order valence-corrected chi connectivity index (χ2v) is 3.34. The van der Waals surface area contributed by atoms with Crippen molar-refractivity contribution >= 4 is 0 Å². The van der Waals surface area contributed by atoms with E-state index in [9.17, 15) is 0 Å². The minimum absolute atomic E-state index is 0.258. The molecular formula is C10H14N3O2. The van der Waals surface area contributed by atoms with Gasteiger partial charge in [-0.05, 0) is 0 Å². The number of hydrogen-bond acceptors (Lipinski definition) is 5. The predicted molar refractivity (Wildman–Crippen MR) is 53.6 cm³/mol. The number of rotatable bonds is 4. The molecule has 1 aromatic heterocycles. The molecule has 0 spiro atoms. The van der Waals surface area contributed by atoms with E-state index < -0.39 is 0 Å². The summed E-state index contributed by atoms with van der Waals surface area (Å²) in [5.41, 5.74) is 0. The van der Waals surface area contributed by atoms with E-state index in [0.717, 1.165) is 26.1 Å². The van der Waals surface area contributed by atoms with Crippen molar-refractivity contribution in [3.8, 4) is 5.75 Å². The van der Waals surface area contributed by atoms with Crippen LogP contribution in [0.15, 0.2) is 12.3 Å². The molecule has 5 nitrogen and oxygen atoms in total. The van der Waals surface area contributed by atoms with Gasteiger partial charge in [0.15, 0.2) is 11.9 Å². The number of nitrogens with zero attached hydrogens (tertiary/aromatic N) is 2. The monoisotopic (exact) mass is 208 g/mol. The van der Waals surface area contributed by atoms with E-state index in [0.29, 0.717) is 12.4 Å². The lowest BCUT2D eigenvalue weighted by Crippen LogP contribution is -2.39. The molecule has 0 bridgehead atoms. The van der Waals surface area contributed by atoms with Gasteiger partial charge >= 0.3 is 0 Å². The van der Waals surface area contributed by atoms with Crippen LogP contribution in [-0.4, -0.2) is 42.6 Å². The Bertz CT molecular complexity index is 275. The summed E-state index contributed by atoms with van der Waals surface area (Å²) in [7, 11) is 0. The summed E-state index contributed by atoms with van der Waals surface area (Å²) in [6.07, 6.45) is 5.39. The fourth-order valence-electron chi connectivity index (χ4n) is 1.44. The maximum atomic E-state index is 5.54. The highest BCUT2D eigenvalue weighted by atomic mass is 16.5. The third-order valence-electron chi connectivity index (χ3n) is 2.21. The van der Waals surface area contributed by atoms with Crippen LogP contribution in [0, 0.1) is 6.20 Å². The summed E-state index contributed by atoms with van der Waals surface area (Å²) >= 11 is 0. The van der Waals surface area contributed by atoms with Crippen molar-refractivity contribution in [1.82, 2.24) is 15.5 Å². The largest absolute Gasteiger partial charge is 0.491 e. The van der Waals surface area contributed by atoms with Gasteiger partial charge in [-0.25, -0.2) is 0 Å². The molecule has 0 amide bonds. The van der Waals surface area contributed by atoms with Gasteiger partial charge < -0.3 is 14.8 Å². The maximum Gasteiger partial charge on any atom is 0.159 e. The lowest BCUT2D eigenvalue weighted by Gasteiger charge is -2.23. The van der Waals surface area contributed by atoms with E-state index in [2.05, 4.69) is 21.7 Å². The Labute approximate surface area is 88.8 Å². The Morgan fingerprint density at radius 2 is 2.67 bits per heavy atom. The summed E-state index contributed by atoms with van der Waals surface area (Å²) in [5, 5.41) is 10.5. The van der Waals surface area contributed by atoms with Crippen molar-refractivity contribution in [2.75, 3.05) is 26.3 Å². The SMILES string of the molecule is [c]1nnccc1OCCC1CNCCO1. The predicted octanol–water partition coefficient (Wildman–Crippen LogP) is 0.0341. The van der Waals surface area contributed by atoms with Crippen molar-refractivity contribution in [2.45, 2.75) is 12.5 Å². The lowest BCUT2D eigenvalue weighted by molar-refractivity contribution is 0.0158. The number of nitrogens with one attached hydrogen (secondary N) is 1. The second-order valence-electron chi connectivity index (χ2n) is 3.34. The van der Waals surface area contributed by atoms with E-state index >= 15 is 0 Å². The van der Waals surface area contributed by atoms with Crippen LogP contribution in [0.5, 0.6) is 5.75 Å². The third kappa shape index (κ3) is 3.45. The normalized spacial score (nSPS) is 21.2. The molecule has 0 aliphatic carbocycles. The molecule has 2 rings (SSSR count). The molecule has 1 aromatic rings. The molecule has 1 radical (unpaired) electrons. The van der Waals surface area contributed by atoms with E-state index in [1.165, 1.54) is 0 Å². The summed E-state index contributed by atoms with van der Waals surface area (Å²) in [6.45, 7) is 3.25. The fraction of sp³-hybridized carbons (Fsp3) is 0.600. The Balaban J connectivity index is 1.66. The molecular weight excluding hydrogens is 194 g/mol. The summed E-state index contributed by atoms with van der Waals surface area (Å²) < 4.78 is 11.0. The van der Waals surface area contributed by atoms with Gasteiger partial charge in [0, 0.05) is 25.6 Å². The lowest BCUT2D eigenvalue weighted by atomic mass is 10.2. The van der Waals surface area contributed by atoms with Crippen molar-refractivity contribution in [3.05, 3.63) is 18.5 Å². The van der Waals surface area contributed by atoms with Crippen LogP contribution >= 0.6 is 0 Å². The summed E-state index contributed by atoms with van der Waals surface area (Å²) in [4.78, 5) is 0. The average Bonchev–Trinajstić information content (AvgIpc) is 2.32. The molecule has 1 saturated heterocycles. The molecule has 1 fully saturated rings. The Morgan fingerprint density at radius 3 is 3.40 bits per heavy atom. The van der Waals surface area contributed by atoms with Crippen molar-refractivity contribution < 1.29 is 9.47 Å². The first-order chi connectivity index (χ1) is 7.45. The van der Waals surface area contributed by atoms with Crippen molar-refractivity contribution in [3.63, 3.8) is 0 Å². The van der Waals surface area contributed by atoms with Gasteiger partial charge in [-0.1, -0.05) is 0 Å². The van der Waals surface area contributed by atoms with Gasteiger partial charge in [-0.3, -0.25) is 0 Å². The van der Waals surface area contributed by atoms with Gasteiger partial charge in [0.25, 0.3) is 0 Å². The van der Waals surface area contributed by atoms with Gasteiger partial charge in [-0.2, -0.15) is 5.10 Å². The van der Waals surface area contributed by atoms with Crippen LogP contribution in [-0.2, 0) is 4.74 Å². The molecule has 1 aliphatic rings. The molecule has 1 unspecified atom stereocenters. The molecule has 5 heteroatoms. The van der Waals surface area contributed by atoms with E-state index in [1.807, 2.05) is 0 Å². The Morgan fingerprint density at radius 1 is 1.67 bits per heavy atom. The van der Waals surface area contributed by atoms with Gasteiger partial charge in [0.1, 0.15) is 0 Å². The van der Waals surface area contributed by atoms with E-state index in [4.69, 9.17) is 9.47 Å². The highest BCUT2D eigenvalue weighted by molar-refractivity contribution is 5.10. The highest BCUT2D eigenvalue weighted by Gasteiger charge is 2.12. The third-order valence-corrected chi connectivity index (χ3v) is 2.21. The van der Waals surface area contributed by atoms with Gasteiger partial charge in [0.2, 0.25) is 0 Å². The van der Waals surface area contributed by atoms with Crippen LogP contribution < -0.4 is 10.1 Å². The molecule has 0 aromatic carbocycles. The van der Waals surface area contributed by atoms with Crippen LogP contribution in [0.2, 0.25) is 0 Å². The number of aromatic nitrogens is 2. The van der Waals surface area contributed by atoms with Crippen LogP contribution in [0.4, 0.5) is 0 Å².